The van der Waals surface area contributed by atoms with E-state index in [4.69, 9.17) is 0 Å². The van der Waals surface area contributed by atoms with Crippen LogP contribution in [-0.2, 0) is 17.8 Å². The molecule has 0 saturated carbocycles. The maximum absolute atomic E-state index is 12.5. The van der Waals surface area contributed by atoms with E-state index in [0.717, 1.165) is 22.9 Å². The first-order chi connectivity index (χ1) is 9.66. The molecule has 3 rings (SSSR count). The number of carboxylic acids is 1. The largest absolute Gasteiger partial charge is 0.480 e. The Bertz CT molecular complexity index is 527. The number of carbonyl (C=O) groups is 2. The summed E-state index contributed by atoms with van der Waals surface area (Å²) in [6, 6.07) is -1.01. The summed E-state index contributed by atoms with van der Waals surface area (Å²) < 4.78 is 0. The molecule has 8 heteroatoms. The Morgan fingerprint density at radius 3 is 2.85 bits per heavy atom. The van der Waals surface area contributed by atoms with Crippen LogP contribution < -0.4 is 0 Å². The molecule has 0 aromatic carbocycles. The number of urea groups is 1. The molecule has 0 radical (unpaired) electrons. The van der Waals surface area contributed by atoms with Gasteiger partial charge in [0.1, 0.15) is 6.04 Å². The summed E-state index contributed by atoms with van der Waals surface area (Å²) in [6.07, 6.45) is 1.82. The quantitative estimate of drug-likeness (QED) is 0.782. The number of imidazole rings is 1. The van der Waals surface area contributed by atoms with Crippen molar-refractivity contribution in [1.82, 2.24) is 19.8 Å². The lowest BCUT2D eigenvalue weighted by molar-refractivity contribution is -0.142. The Balaban J connectivity index is 1.82. The smallest absolute Gasteiger partial charge is 0.326 e. The molecule has 1 atom stereocenters. The van der Waals surface area contributed by atoms with Gasteiger partial charge >= 0.3 is 12.0 Å². The van der Waals surface area contributed by atoms with Crippen molar-refractivity contribution in [3.05, 3.63) is 17.7 Å². The van der Waals surface area contributed by atoms with Gasteiger partial charge in [-0.15, -0.1) is 0 Å². The van der Waals surface area contributed by atoms with E-state index in [1.54, 1.807) is 11.2 Å². The van der Waals surface area contributed by atoms with E-state index in [0.29, 0.717) is 13.1 Å². The Kier molecular flexibility index (Phi) is 3.56. The van der Waals surface area contributed by atoms with Gasteiger partial charge in [-0.3, -0.25) is 0 Å². The van der Waals surface area contributed by atoms with Crippen molar-refractivity contribution in [2.24, 2.45) is 0 Å². The highest BCUT2D eigenvalue weighted by Crippen LogP contribution is 2.23. The number of fused-ring (bicyclic) bond motifs is 1. The molecule has 1 fully saturated rings. The fourth-order valence-corrected chi connectivity index (χ4v) is 3.50. The number of carbonyl (C=O) groups excluding carboxylic acids is 1. The van der Waals surface area contributed by atoms with Gasteiger partial charge in [0.15, 0.2) is 0 Å². The molecule has 2 N–H and O–H groups in total. The summed E-state index contributed by atoms with van der Waals surface area (Å²) in [7, 11) is 0. The average Bonchev–Trinajstić information content (AvgIpc) is 2.93. The minimum atomic E-state index is -0.974. The lowest BCUT2D eigenvalue weighted by atomic mass is 10.0. The van der Waals surface area contributed by atoms with E-state index in [2.05, 4.69) is 9.97 Å². The number of aromatic nitrogens is 2. The number of amides is 2. The highest BCUT2D eigenvalue weighted by atomic mass is 32.2. The third-order valence-electron chi connectivity index (χ3n) is 3.71. The van der Waals surface area contributed by atoms with E-state index in [1.807, 2.05) is 11.8 Å². The molecule has 1 aromatic heterocycles. The van der Waals surface area contributed by atoms with E-state index in [-0.39, 0.29) is 19.0 Å². The first-order valence-electron chi connectivity index (χ1n) is 6.54. The normalized spacial score (nSPS) is 22.5. The number of rotatable bonds is 1. The maximum Gasteiger partial charge on any atom is 0.326 e. The van der Waals surface area contributed by atoms with Crippen LogP contribution in [0.4, 0.5) is 4.79 Å². The van der Waals surface area contributed by atoms with Crippen LogP contribution in [0.25, 0.3) is 0 Å². The molecule has 0 bridgehead atoms. The predicted molar refractivity (Wildman–Crippen MR) is 73.6 cm³/mol. The molecule has 2 amide bonds. The zero-order valence-electron chi connectivity index (χ0n) is 10.9. The Hall–Kier alpha value is -1.70. The number of hydrogen-bond acceptors (Lipinski definition) is 4. The second-order valence-electron chi connectivity index (χ2n) is 4.90. The van der Waals surface area contributed by atoms with Gasteiger partial charge in [-0.2, -0.15) is 11.8 Å². The molecular formula is C12H16N4O3S. The first kappa shape index (κ1) is 13.3. The van der Waals surface area contributed by atoms with Gasteiger partial charge in [-0.05, 0) is 0 Å². The van der Waals surface area contributed by atoms with Gasteiger partial charge < -0.3 is 19.9 Å². The van der Waals surface area contributed by atoms with Gasteiger partial charge in [0.2, 0.25) is 0 Å². The van der Waals surface area contributed by atoms with Crippen LogP contribution in [0, 0.1) is 0 Å². The molecule has 7 nitrogen and oxygen atoms in total. The fourth-order valence-electron chi connectivity index (χ4n) is 2.59. The van der Waals surface area contributed by atoms with Gasteiger partial charge in [-0.25, -0.2) is 14.6 Å². The number of thioether (sulfide) groups is 1. The van der Waals surface area contributed by atoms with Gasteiger partial charge in [0.25, 0.3) is 0 Å². The number of aromatic amines is 1. The lowest BCUT2D eigenvalue weighted by Gasteiger charge is -2.37. The number of aliphatic carboxylic acids is 1. The number of carboxylic acid groups (broad SMARTS) is 1. The number of nitrogens with zero attached hydrogens (tertiary/aromatic N) is 3. The Morgan fingerprint density at radius 2 is 2.15 bits per heavy atom. The predicted octanol–water partition coefficient (Wildman–Crippen LogP) is 0.390. The second kappa shape index (κ2) is 5.35. The van der Waals surface area contributed by atoms with Crippen LogP contribution in [-0.4, -0.2) is 67.5 Å². The van der Waals surface area contributed by atoms with Crippen LogP contribution >= 0.6 is 11.8 Å². The zero-order valence-corrected chi connectivity index (χ0v) is 11.7. The van der Waals surface area contributed by atoms with Crippen molar-refractivity contribution in [3.63, 3.8) is 0 Å². The van der Waals surface area contributed by atoms with Crippen LogP contribution in [0.5, 0.6) is 0 Å². The average molecular weight is 296 g/mol. The summed E-state index contributed by atoms with van der Waals surface area (Å²) in [5.74, 6) is 0.845. The van der Waals surface area contributed by atoms with Gasteiger partial charge in [0, 0.05) is 31.0 Å². The summed E-state index contributed by atoms with van der Waals surface area (Å²) in [5.41, 5.74) is 1.58. The molecule has 1 unspecified atom stereocenters. The van der Waals surface area contributed by atoms with Crippen LogP contribution in [0.3, 0.4) is 0 Å². The maximum atomic E-state index is 12.5. The number of hydrogen-bond donors (Lipinski definition) is 2. The van der Waals surface area contributed by atoms with E-state index >= 15 is 0 Å². The molecule has 0 spiro atoms. The molecule has 3 heterocycles. The minimum absolute atomic E-state index is 0.182. The SMILES string of the molecule is O=C(O)C1Cc2nc[nH]c2CN1C(=O)N1CCSCC1. The molecule has 20 heavy (non-hydrogen) atoms. The van der Waals surface area contributed by atoms with Gasteiger partial charge in [0.05, 0.1) is 24.3 Å². The first-order valence-corrected chi connectivity index (χ1v) is 7.69. The Morgan fingerprint density at radius 1 is 1.40 bits per heavy atom. The topological polar surface area (TPSA) is 89.5 Å². The van der Waals surface area contributed by atoms with Crippen molar-refractivity contribution in [1.29, 1.82) is 0 Å². The molecule has 108 valence electrons. The summed E-state index contributed by atoms with van der Waals surface area (Å²) in [6.45, 7) is 1.65. The summed E-state index contributed by atoms with van der Waals surface area (Å²) >= 11 is 1.81. The van der Waals surface area contributed by atoms with Crippen molar-refractivity contribution >= 4 is 23.8 Å². The minimum Gasteiger partial charge on any atom is -0.480 e. The second-order valence-corrected chi connectivity index (χ2v) is 6.12. The van der Waals surface area contributed by atoms with Crippen LogP contribution in [0.15, 0.2) is 6.33 Å². The standard InChI is InChI=1S/C12H16N4O3S/c17-11(18)10-5-8-9(14-7-13-8)6-16(10)12(19)15-1-3-20-4-2-15/h7,10H,1-6H2,(H,13,14)(H,17,18). The highest BCUT2D eigenvalue weighted by Gasteiger charge is 2.38. The Labute approximate surface area is 120 Å². The third kappa shape index (κ3) is 2.35. The zero-order chi connectivity index (χ0) is 14.1. The molecule has 1 aromatic rings. The third-order valence-corrected chi connectivity index (χ3v) is 4.65. The van der Waals surface area contributed by atoms with Crippen molar-refractivity contribution in [2.75, 3.05) is 24.6 Å². The van der Waals surface area contributed by atoms with E-state index in [9.17, 15) is 14.7 Å². The van der Waals surface area contributed by atoms with Crippen LogP contribution in [0.1, 0.15) is 11.4 Å². The number of H-pyrrole nitrogens is 1. The van der Waals surface area contributed by atoms with E-state index < -0.39 is 12.0 Å². The monoisotopic (exact) mass is 296 g/mol. The van der Waals surface area contributed by atoms with Crippen molar-refractivity contribution in [3.8, 4) is 0 Å². The summed E-state index contributed by atoms with van der Waals surface area (Å²) in [4.78, 5) is 34.3. The molecular weight excluding hydrogens is 280 g/mol. The summed E-state index contributed by atoms with van der Waals surface area (Å²) in [5, 5.41) is 9.36. The molecule has 2 aliphatic rings. The molecule has 2 aliphatic heterocycles. The lowest BCUT2D eigenvalue weighted by Crippen LogP contribution is -2.54. The number of nitrogens with one attached hydrogen (secondary N) is 1. The molecule has 1 saturated heterocycles. The fraction of sp³-hybridized carbons (Fsp3) is 0.583. The van der Waals surface area contributed by atoms with E-state index in [1.165, 1.54) is 4.90 Å². The van der Waals surface area contributed by atoms with Gasteiger partial charge in [-0.1, -0.05) is 0 Å². The molecule has 0 aliphatic carbocycles. The van der Waals surface area contributed by atoms with Crippen LogP contribution in [0.2, 0.25) is 0 Å². The van der Waals surface area contributed by atoms with Crippen molar-refractivity contribution < 1.29 is 14.7 Å². The van der Waals surface area contributed by atoms with Crippen molar-refractivity contribution in [2.45, 2.75) is 19.0 Å². The highest BCUT2D eigenvalue weighted by molar-refractivity contribution is 7.99.